The van der Waals surface area contributed by atoms with E-state index in [0.29, 0.717) is 0 Å². The van der Waals surface area contributed by atoms with E-state index < -0.39 is 10.1 Å². The lowest BCUT2D eigenvalue weighted by atomic mass is 10.4. The van der Waals surface area contributed by atoms with Crippen LogP contribution >= 0.6 is 0 Å². The van der Waals surface area contributed by atoms with Gasteiger partial charge in [-0.25, -0.2) is 0 Å². The van der Waals surface area contributed by atoms with E-state index in [4.69, 9.17) is 4.55 Å². The van der Waals surface area contributed by atoms with E-state index in [0.717, 1.165) is 6.42 Å². The highest BCUT2D eigenvalue weighted by molar-refractivity contribution is 7.85. The molecule has 3 nitrogen and oxygen atoms in total. The van der Waals surface area contributed by atoms with Crippen LogP contribution in [-0.2, 0) is 10.1 Å². The van der Waals surface area contributed by atoms with Crippen molar-refractivity contribution in [1.82, 2.24) is 0 Å². The third-order valence-corrected chi connectivity index (χ3v) is 1.32. The minimum absolute atomic E-state index is 0.277. The van der Waals surface area contributed by atoms with Gasteiger partial charge in [-0.05, 0) is 6.42 Å². The fraction of sp³-hybridized carbons (Fsp3) is 0.600. The Balaban J connectivity index is 3.65. The van der Waals surface area contributed by atoms with Crippen LogP contribution in [0.3, 0.4) is 0 Å². The molecule has 0 aliphatic heterocycles. The first kappa shape index (κ1) is 8.65. The van der Waals surface area contributed by atoms with Crippen molar-refractivity contribution < 1.29 is 13.0 Å². The second-order valence-corrected chi connectivity index (χ2v) is 3.13. The van der Waals surface area contributed by atoms with Crippen molar-refractivity contribution in [3.63, 3.8) is 0 Å². The Bertz CT molecular complexity index is 178. The molecule has 0 aromatic carbocycles. The van der Waals surface area contributed by atoms with Crippen molar-refractivity contribution in [2.75, 3.05) is 5.75 Å². The molecule has 0 heterocycles. The van der Waals surface area contributed by atoms with Crippen molar-refractivity contribution >= 4 is 10.1 Å². The van der Waals surface area contributed by atoms with Gasteiger partial charge in [0, 0.05) is 0 Å². The molecule has 0 spiro atoms. The Morgan fingerprint density at radius 1 is 1.44 bits per heavy atom. The van der Waals surface area contributed by atoms with Gasteiger partial charge < -0.3 is 0 Å². The zero-order valence-electron chi connectivity index (χ0n) is 5.24. The molecule has 0 bridgehead atoms. The van der Waals surface area contributed by atoms with E-state index in [2.05, 4.69) is 0 Å². The monoisotopic (exact) mass is 150 g/mol. The molecule has 4 heteroatoms. The molecule has 0 fully saturated rings. The van der Waals surface area contributed by atoms with E-state index in [-0.39, 0.29) is 5.75 Å². The molecule has 0 saturated carbocycles. The van der Waals surface area contributed by atoms with Gasteiger partial charge in [0.15, 0.2) is 0 Å². The molecule has 1 N–H and O–H groups in total. The van der Waals surface area contributed by atoms with Gasteiger partial charge >= 0.3 is 0 Å². The number of hydrogen-bond donors (Lipinski definition) is 1. The first-order chi connectivity index (χ1) is 4.06. The first-order valence-corrected chi connectivity index (χ1v) is 4.27. The van der Waals surface area contributed by atoms with Gasteiger partial charge in [0.05, 0.1) is 5.75 Å². The highest BCUT2D eigenvalue weighted by Crippen LogP contribution is 1.85. The van der Waals surface area contributed by atoms with Gasteiger partial charge in [0.1, 0.15) is 0 Å². The highest BCUT2D eigenvalue weighted by Gasteiger charge is 1.97. The summed E-state index contributed by atoms with van der Waals surface area (Å²) in [5, 5.41) is 0. The lowest BCUT2D eigenvalue weighted by Gasteiger charge is -1.85. The summed E-state index contributed by atoms with van der Waals surface area (Å²) in [6.45, 7) is 1.89. The van der Waals surface area contributed by atoms with E-state index >= 15 is 0 Å². The third kappa shape index (κ3) is 7.65. The van der Waals surface area contributed by atoms with Gasteiger partial charge in [-0.3, -0.25) is 4.55 Å². The fourth-order valence-corrected chi connectivity index (χ4v) is 0.736. The zero-order valence-corrected chi connectivity index (χ0v) is 6.06. The van der Waals surface area contributed by atoms with E-state index in [1.165, 1.54) is 6.08 Å². The van der Waals surface area contributed by atoms with Crippen molar-refractivity contribution in [3.8, 4) is 0 Å². The van der Waals surface area contributed by atoms with Crippen molar-refractivity contribution in [3.05, 3.63) is 12.2 Å². The average molecular weight is 150 g/mol. The van der Waals surface area contributed by atoms with Crippen molar-refractivity contribution in [2.45, 2.75) is 13.3 Å². The molecule has 0 radical (unpaired) electrons. The topological polar surface area (TPSA) is 54.4 Å². The standard InChI is InChI=1S/C5H10O3S/c1-2-3-4-5-9(6,7)8/h3-4H,2,5H2,1H3,(H,6,7,8)/b4-3-. The zero-order chi connectivity index (χ0) is 7.33. The maximum atomic E-state index is 10.0. The molecule has 9 heavy (non-hydrogen) atoms. The van der Waals surface area contributed by atoms with Crippen molar-refractivity contribution in [1.29, 1.82) is 0 Å². The molecule has 0 rings (SSSR count). The maximum Gasteiger partial charge on any atom is 0.268 e. The van der Waals surface area contributed by atoms with Crippen LogP contribution in [0.5, 0.6) is 0 Å². The summed E-state index contributed by atoms with van der Waals surface area (Å²) in [4.78, 5) is 0. The van der Waals surface area contributed by atoms with Gasteiger partial charge in [0.2, 0.25) is 0 Å². The largest absolute Gasteiger partial charge is 0.285 e. The molecule has 54 valence electrons. The Hall–Kier alpha value is -0.350. The average Bonchev–Trinajstić information content (AvgIpc) is 1.63. The predicted molar refractivity (Wildman–Crippen MR) is 35.8 cm³/mol. The molecule has 0 saturated heterocycles. The number of hydrogen-bond acceptors (Lipinski definition) is 2. The molecule has 0 amide bonds. The summed E-state index contributed by atoms with van der Waals surface area (Å²) >= 11 is 0. The van der Waals surface area contributed by atoms with Crippen LogP contribution < -0.4 is 0 Å². The summed E-state index contributed by atoms with van der Waals surface area (Å²) < 4.78 is 28.2. The molecular formula is C5H10O3S. The quantitative estimate of drug-likeness (QED) is 0.479. The minimum atomic E-state index is -3.78. The van der Waals surface area contributed by atoms with Crippen LogP contribution in [0.15, 0.2) is 12.2 Å². The van der Waals surface area contributed by atoms with Crippen LogP contribution in [-0.4, -0.2) is 18.7 Å². The Morgan fingerprint density at radius 2 is 2.00 bits per heavy atom. The van der Waals surface area contributed by atoms with E-state index in [1.54, 1.807) is 6.08 Å². The Morgan fingerprint density at radius 3 is 2.33 bits per heavy atom. The van der Waals surface area contributed by atoms with Gasteiger partial charge in [-0.15, -0.1) is 0 Å². The van der Waals surface area contributed by atoms with Crippen molar-refractivity contribution in [2.24, 2.45) is 0 Å². The summed E-state index contributed by atoms with van der Waals surface area (Å²) in [6, 6.07) is 0. The lowest BCUT2D eigenvalue weighted by molar-refractivity contribution is 0.486. The highest BCUT2D eigenvalue weighted by atomic mass is 32.2. The fourth-order valence-electron chi connectivity index (χ4n) is 0.356. The Kier molecular flexibility index (Phi) is 3.49. The SMILES string of the molecule is CC/C=C\CS(=O)(=O)O. The van der Waals surface area contributed by atoms with Crippen LogP contribution in [0.4, 0.5) is 0 Å². The number of allylic oxidation sites excluding steroid dienone is 1. The van der Waals surface area contributed by atoms with E-state index in [1.807, 2.05) is 6.92 Å². The smallest absolute Gasteiger partial charge is 0.268 e. The van der Waals surface area contributed by atoms with E-state index in [9.17, 15) is 8.42 Å². The molecule has 0 unspecified atom stereocenters. The van der Waals surface area contributed by atoms with Crippen LogP contribution in [0.25, 0.3) is 0 Å². The number of rotatable bonds is 3. The van der Waals surface area contributed by atoms with Crippen LogP contribution in [0.1, 0.15) is 13.3 Å². The second-order valence-electron chi connectivity index (χ2n) is 1.63. The van der Waals surface area contributed by atoms with Crippen LogP contribution in [0.2, 0.25) is 0 Å². The van der Waals surface area contributed by atoms with Crippen LogP contribution in [0, 0.1) is 0 Å². The first-order valence-electron chi connectivity index (χ1n) is 2.66. The summed E-state index contributed by atoms with van der Waals surface area (Å²) in [5.74, 6) is -0.277. The molecular weight excluding hydrogens is 140 g/mol. The van der Waals surface area contributed by atoms with Gasteiger partial charge in [0.25, 0.3) is 10.1 Å². The second kappa shape index (κ2) is 3.63. The summed E-state index contributed by atoms with van der Waals surface area (Å²) in [5.41, 5.74) is 0. The predicted octanol–water partition coefficient (Wildman–Crippen LogP) is 0.840. The Labute approximate surface area is 55.1 Å². The maximum absolute atomic E-state index is 10.0. The molecule has 0 aromatic rings. The molecule has 0 aliphatic carbocycles. The molecule has 0 atom stereocenters. The summed E-state index contributed by atoms with van der Waals surface area (Å²) in [7, 11) is -3.78. The normalized spacial score (nSPS) is 12.7. The molecule has 0 aliphatic rings. The third-order valence-electron chi connectivity index (χ3n) is 0.709. The lowest BCUT2D eigenvalue weighted by Crippen LogP contribution is -1.99. The van der Waals surface area contributed by atoms with Gasteiger partial charge in [-0.1, -0.05) is 19.1 Å². The minimum Gasteiger partial charge on any atom is -0.285 e. The summed E-state index contributed by atoms with van der Waals surface area (Å²) in [6.07, 6.45) is 3.90. The van der Waals surface area contributed by atoms with Gasteiger partial charge in [-0.2, -0.15) is 8.42 Å². The molecule has 0 aromatic heterocycles.